The first-order valence-corrected chi connectivity index (χ1v) is 8.02. The SMILES string of the molecule is Cc1cccc(Cc2c(-c3ccccc3)[nH]c3ccccc23)c1. The minimum Gasteiger partial charge on any atom is -0.354 e. The van der Waals surface area contributed by atoms with Crippen molar-refractivity contribution in [1.82, 2.24) is 4.98 Å². The van der Waals surface area contributed by atoms with Crippen molar-refractivity contribution < 1.29 is 0 Å². The van der Waals surface area contributed by atoms with Crippen molar-refractivity contribution in [2.24, 2.45) is 0 Å². The first-order valence-electron chi connectivity index (χ1n) is 8.02. The molecule has 0 radical (unpaired) electrons. The van der Waals surface area contributed by atoms with Crippen LogP contribution < -0.4 is 0 Å². The van der Waals surface area contributed by atoms with Gasteiger partial charge in [-0.15, -0.1) is 0 Å². The maximum Gasteiger partial charge on any atom is 0.0500 e. The van der Waals surface area contributed by atoms with Crippen LogP contribution in [-0.4, -0.2) is 4.98 Å². The molecular weight excluding hydrogens is 278 g/mol. The molecule has 1 nitrogen and oxygen atoms in total. The Balaban J connectivity index is 1.89. The molecule has 0 saturated carbocycles. The number of rotatable bonds is 3. The van der Waals surface area contributed by atoms with Crippen molar-refractivity contribution in [3.8, 4) is 11.3 Å². The molecule has 0 atom stereocenters. The summed E-state index contributed by atoms with van der Waals surface area (Å²) in [6.07, 6.45) is 0.940. The number of nitrogens with one attached hydrogen (secondary N) is 1. The monoisotopic (exact) mass is 297 g/mol. The molecule has 112 valence electrons. The van der Waals surface area contributed by atoms with Gasteiger partial charge in [-0.3, -0.25) is 0 Å². The maximum absolute atomic E-state index is 3.62. The summed E-state index contributed by atoms with van der Waals surface area (Å²) in [4.78, 5) is 3.62. The predicted octanol–water partition coefficient (Wildman–Crippen LogP) is 5.73. The Morgan fingerprint density at radius 1 is 0.783 bits per heavy atom. The summed E-state index contributed by atoms with van der Waals surface area (Å²) >= 11 is 0. The first-order chi connectivity index (χ1) is 11.3. The molecule has 1 heteroatoms. The van der Waals surface area contributed by atoms with Gasteiger partial charge in [0.15, 0.2) is 0 Å². The molecule has 0 saturated heterocycles. The van der Waals surface area contributed by atoms with Crippen LogP contribution in [0.25, 0.3) is 22.2 Å². The number of benzene rings is 3. The number of hydrogen-bond acceptors (Lipinski definition) is 0. The van der Waals surface area contributed by atoms with Crippen LogP contribution in [0.2, 0.25) is 0 Å². The summed E-state index contributed by atoms with van der Waals surface area (Å²) in [5.41, 5.74) is 7.71. The smallest absolute Gasteiger partial charge is 0.0500 e. The zero-order valence-electron chi connectivity index (χ0n) is 13.2. The molecule has 4 rings (SSSR count). The lowest BCUT2D eigenvalue weighted by molar-refractivity contribution is 1.20. The molecule has 0 aliphatic heterocycles. The molecule has 0 amide bonds. The molecule has 1 aromatic heterocycles. The molecular formula is C22H19N. The fourth-order valence-corrected chi connectivity index (χ4v) is 3.26. The molecule has 0 fully saturated rings. The Labute approximate surface area is 136 Å². The van der Waals surface area contributed by atoms with Crippen molar-refractivity contribution in [1.29, 1.82) is 0 Å². The Morgan fingerprint density at radius 2 is 1.57 bits per heavy atom. The quantitative estimate of drug-likeness (QED) is 0.496. The molecule has 1 N–H and O–H groups in total. The van der Waals surface area contributed by atoms with Crippen LogP contribution in [0.5, 0.6) is 0 Å². The van der Waals surface area contributed by atoms with E-state index in [9.17, 15) is 0 Å². The largest absolute Gasteiger partial charge is 0.354 e. The summed E-state index contributed by atoms with van der Waals surface area (Å²) in [5, 5.41) is 1.31. The lowest BCUT2D eigenvalue weighted by Crippen LogP contribution is -1.91. The Hall–Kier alpha value is -2.80. The van der Waals surface area contributed by atoms with Gasteiger partial charge in [-0.2, -0.15) is 0 Å². The van der Waals surface area contributed by atoms with E-state index in [4.69, 9.17) is 0 Å². The van der Waals surface area contributed by atoms with Gasteiger partial charge in [0.1, 0.15) is 0 Å². The summed E-state index contributed by atoms with van der Waals surface area (Å²) in [7, 11) is 0. The van der Waals surface area contributed by atoms with E-state index in [0.717, 1.165) is 6.42 Å². The van der Waals surface area contributed by atoms with E-state index in [2.05, 4.69) is 90.8 Å². The second-order valence-corrected chi connectivity index (χ2v) is 6.06. The van der Waals surface area contributed by atoms with Gasteiger partial charge in [0.25, 0.3) is 0 Å². The zero-order valence-corrected chi connectivity index (χ0v) is 13.2. The van der Waals surface area contributed by atoms with Crippen molar-refractivity contribution in [3.63, 3.8) is 0 Å². The van der Waals surface area contributed by atoms with Crippen LogP contribution in [0.15, 0.2) is 78.9 Å². The van der Waals surface area contributed by atoms with Crippen LogP contribution in [0.3, 0.4) is 0 Å². The van der Waals surface area contributed by atoms with Gasteiger partial charge in [-0.1, -0.05) is 78.4 Å². The molecule has 3 aromatic carbocycles. The third-order valence-electron chi connectivity index (χ3n) is 4.34. The van der Waals surface area contributed by atoms with E-state index >= 15 is 0 Å². The molecule has 1 heterocycles. The second-order valence-electron chi connectivity index (χ2n) is 6.06. The van der Waals surface area contributed by atoms with Gasteiger partial charge in [-0.25, -0.2) is 0 Å². The topological polar surface area (TPSA) is 15.8 Å². The Bertz CT molecular complexity index is 948. The lowest BCUT2D eigenvalue weighted by atomic mass is 9.98. The Kier molecular flexibility index (Phi) is 3.47. The average molecular weight is 297 g/mol. The number of fused-ring (bicyclic) bond motifs is 1. The average Bonchev–Trinajstić information content (AvgIpc) is 2.95. The van der Waals surface area contributed by atoms with Crippen LogP contribution in [0.4, 0.5) is 0 Å². The van der Waals surface area contributed by atoms with E-state index in [1.807, 2.05) is 0 Å². The third-order valence-corrected chi connectivity index (χ3v) is 4.34. The molecule has 4 aromatic rings. The summed E-state index contributed by atoms with van der Waals surface area (Å²) < 4.78 is 0. The van der Waals surface area contributed by atoms with Crippen molar-refractivity contribution >= 4 is 10.9 Å². The van der Waals surface area contributed by atoms with Gasteiger partial charge in [-0.05, 0) is 29.7 Å². The predicted molar refractivity (Wildman–Crippen MR) is 97.7 cm³/mol. The second kappa shape index (κ2) is 5.77. The highest BCUT2D eigenvalue weighted by atomic mass is 14.7. The number of aromatic nitrogens is 1. The Morgan fingerprint density at radius 3 is 2.39 bits per heavy atom. The maximum atomic E-state index is 3.62. The van der Waals surface area contributed by atoms with Gasteiger partial charge < -0.3 is 4.98 Å². The molecule has 23 heavy (non-hydrogen) atoms. The number of aryl methyl sites for hydroxylation is 1. The van der Waals surface area contributed by atoms with Crippen LogP contribution in [-0.2, 0) is 6.42 Å². The summed E-state index contributed by atoms with van der Waals surface area (Å²) in [6.45, 7) is 2.15. The van der Waals surface area contributed by atoms with E-state index in [-0.39, 0.29) is 0 Å². The van der Waals surface area contributed by atoms with Crippen molar-refractivity contribution in [2.75, 3.05) is 0 Å². The van der Waals surface area contributed by atoms with E-state index in [1.165, 1.54) is 38.9 Å². The van der Waals surface area contributed by atoms with Crippen LogP contribution >= 0.6 is 0 Å². The normalized spacial score (nSPS) is 11.0. The van der Waals surface area contributed by atoms with Gasteiger partial charge >= 0.3 is 0 Å². The third kappa shape index (κ3) is 2.66. The number of hydrogen-bond donors (Lipinski definition) is 1. The minimum absolute atomic E-state index is 0.940. The van der Waals surface area contributed by atoms with Gasteiger partial charge in [0.05, 0.1) is 5.69 Å². The summed E-state index contributed by atoms with van der Waals surface area (Å²) in [6, 6.07) is 27.9. The van der Waals surface area contributed by atoms with Crippen LogP contribution in [0.1, 0.15) is 16.7 Å². The first kappa shape index (κ1) is 13.8. The molecule has 0 bridgehead atoms. The fraction of sp³-hybridized carbons (Fsp3) is 0.0909. The highest BCUT2D eigenvalue weighted by molar-refractivity contribution is 5.91. The van der Waals surface area contributed by atoms with Crippen molar-refractivity contribution in [2.45, 2.75) is 13.3 Å². The number of aromatic amines is 1. The van der Waals surface area contributed by atoms with Gasteiger partial charge in [0.2, 0.25) is 0 Å². The van der Waals surface area contributed by atoms with Crippen molar-refractivity contribution in [3.05, 3.63) is 95.6 Å². The molecule has 0 spiro atoms. The lowest BCUT2D eigenvalue weighted by Gasteiger charge is -2.07. The molecule has 0 aliphatic rings. The number of para-hydroxylation sites is 1. The van der Waals surface area contributed by atoms with E-state index in [0.29, 0.717) is 0 Å². The van der Waals surface area contributed by atoms with E-state index < -0.39 is 0 Å². The highest BCUT2D eigenvalue weighted by Gasteiger charge is 2.13. The summed E-state index contributed by atoms with van der Waals surface area (Å²) in [5.74, 6) is 0. The number of H-pyrrole nitrogens is 1. The molecule has 0 aliphatic carbocycles. The van der Waals surface area contributed by atoms with Crippen LogP contribution in [0, 0.1) is 6.92 Å². The standard InChI is InChI=1S/C22H19N/c1-16-8-7-9-17(14-16)15-20-19-12-5-6-13-21(19)23-22(20)18-10-3-2-4-11-18/h2-14,23H,15H2,1H3. The van der Waals surface area contributed by atoms with E-state index in [1.54, 1.807) is 0 Å². The van der Waals surface area contributed by atoms with Gasteiger partial charge in [0, 0.05) is 17.3 Å². The minimum atomic E-state index is 0.940. The zero-order chi connectivity index (χ0) is 15.6. The molecule has 0 unspecified atom stereocenters. The highest BCUT2D eigenvalue weighted by Crippen LogP contribution is 2.32. The fourth-order valence-electron chi connectivity index (χ4n) is 3.26.